The topological polar surface area (TPSA) is 61.1 Å². The van der Waals surface area contributed by atoms with Crippen molar-refractivity contribution in [3.05, 3.63) is 64.7 Å². The van der Waals surface area contributed by atoms with E-state index in [1.807, 2.05) is 31.2 Å². The van der Waals surface area contributed by atoms with Gasteiger partial charge in [-0.2, -0.15) is 5.26 Å². The van der Waals surface area contributed by atoms with Crippen LogP contribution in [-0.2, 0) is 5.75 Å². The normalized spacial score (nSPS) is 10.0. The van der Waals surface area contributed by atoms with Crippen LogP contribution in [0.15, 0.2) is 47.4 Å². The zero-order chi connectivity index (χ0) is 14.5. The van der Waals surface area contributed by atoms with Crippen molar-refractivity contribution in [3.63, 3.8) is 0 Å². The molecule has 0 bridgehead atoms. The zero-order valence-corrected chi connectivity index (χ0v) is 11.8. The molecule has 0 fully saturated rings. The molecule has 0 aliphatic heterocycles. The van der Waals surface area contributed by atoms with Gasteiger partial charge in [0.05, 0.1) is 17.2 Å². The van der Waals surface area contributed by atoms with Gasteiger partial charge in [0, 0.05) is 10.6 Å². The van der Waals surface area contributed by atoms with Gasteiger partial charge in [0.15, 0.2) is 0 Å². The number of benzene rings is 2. The third-order valence-corrected chi connectivity index (χ3v) is 4.09. The molecule has 1 N–H and O–H groups in total. The van der Waals surface area contributed by atoms with Crippen LogP contribution in [0.1, 0.15) is 27.0 Å². The molecule has 2 aromatic rings. The highest BCUT2D eigenvalue weighted by Crippen LogP contribution is 2.27. The van der Waals surface area contributed by atoms with Gasteiger partial charge in [0.2, 0.25) is 0 Å². The second kappa shape index (κ2) is 6.27. The second-order valence-electron chi connectivity index (χ2n) is 4.34. The van der Waals surface area contributed by atoms with E-state index in [0.29, 0.717) is 16.9 Å². The minimum absolute atomic E-state index is 0.323. The van der Waals surface area contributed by atoms with E-state index in [9.17, 15) is 4.79 Å². The number of carboxylic acids is 1. The Morgan fingerprint density at radius 3 is 2.70 bits per heavy atom. The first kappa shape index (κ1) is 14.2. The Balaban J connectivity index is 2.18. The summed E-state index contributed by atoms with van der Waals surface area (Å²) in [6.45, 7) is 1.96. The molecule has 20 heavy (non-hydrogen) atoms. The van der Waals surface area contributed by atoms with Gasteiger partial charge in [-0.25, -0.2) is 4.79 Å². The highest BCUT2D eigenvalue weighted by molar-refractivity contribution is 7.98. The van der Waals surface area contributed by atoms with E-state index in [0.717, 1.165) is 16.0 Å². The third kappa shape index (κ3) is 3.19. The van der Waals surface area contributed by atoms with Crippen LogP contribution < -0.4 is 0 Å². The van der Waals surface area contributed by atoms with E-state index in [2.05, 4.69) is 6.07 Å². The van der Waals surface area contributed by atoms with Crippen molar-refractivity contribution >= 4 is 17.7 Å². The lowest BCUT2D eigenvalue weighted by molar-refractivity contribution is 0.0693. The number of thioether (sulfide) groups is 1. The smallest absolute Gasteiger partial charge is 0.336 e. The van der Waals surface area contributed by atoms with Crippen LogP contribution in [-0.4, -0.2) is 11.1 Å². The summed E-state index contributed by atoms with van der Waals surface area (Å²) in [6.07, 6.45) is 0. The number of aromatic carboxylic acids is 1. The predicted octanol–water partition coefficient (Wildman–Crippen LogP) is 3.86. The number of hydrogen-bond donors (Lipinski definition) is 1. The van der Waals surface area contributed by atoms with Gasteiger partial charge in [-0.15, -0.1) is 11.8 Å². The largest absolute Gasteiger partial charge is 0.478 e. The summed E-state index contributed by atoms with van der Waals surface area (Å²) < 4.78 is 0. The summed E-state index contributed by atoms with van der Waals surface area (Å²) >= 11 is 1.49. The Bertz CT molecular complexity index is 689. The SMILES string of the molecule is Cc1cc(C#N)ccc1CSc1ccccc1C(=O)O. The second-order valence-corrected chi connectivity index (χ2v) is 5.36. The number of nitrogens with zero attached hydrogens (tertiary/aromatic N) is 1. The monoisotopic (exact) mass is 283 g/mol. The van der Waals surface area contributed by atoms with Crippen molar-refractivity contribution in [2.45, 2.75) is 17.6 Å². The molecule has 100 valence electrons. The van der Waals surface area contributed by atoms with Gasteiger partial charge < -0.3 is 5.11 Å². The number of carbonyl (C=O) groups is 1. The summed E-state index contributed by atoms with van der Waals surface area (Å²) in [5.74, 6) is -0.230. The molecule has 4 heteroatoms. The fourth-order valence-corrected chi connectivity index (χ4v) is 2.97. The maximum absolute atomic E-state index is 11.1. The molecule has 0 aromatic heterocycles. The fraction of sp³-hybridized carbons (Fsp3) is 0.125. The van der Waals surface area contributed by atoms with E-state index in [1.165, 1.54) is 11.8 Å². The van der Waals surface area contributed by atoms with Crippen molar-refractivity contribution in [2.75, 3.05) is 0 Å². The molecule has 0 aliphatic rings. The lowest BCUT2D eigenvalue weighted by Gasteiger charge is -2.08. The molecule has 2 rings (SSSR count). The predicted molar refractivity (Wildman–Crippen MR) is 78.9 cm³/mol. The van der Waals surface area contributed by atoms with Gasteiger partial charge in [-0.05, 0) is 42.3 Å². The van der Waals surface area contributed by atoms with Gasteiger partial charge in [-0.1, -0.05) is 18.2 Å². The van der Waals surface area contributed by atoms with Crippen LogP contribution in [0.4, 0.5) is 0 Å². The first-order valence-electron chi connectivity index (χ1n) is 6.06. The maximum Gasteiger partial charge on any atom is 0.336 e. The highest BCUT2D eigenvalue weighted by atomic mass is 32.2. The Morgan fingerprint density at radius 2 is 2.05 bits per heavy atom. The zero-order valence-electron chi connectivity index (χ0n) is 11.0. The summed E-state index contributed by atoms with van der Waals surface area (Å²) in [5, 5.41) is 18.0. The summed E-state index contributed by atoms with van der Waals surface area (Å²) in [4.78, 5) is 11.9. The molecular formula is C16H13NO2S. The summed E-state index contributed by atoms with van der Waals surface area (Å²) in [7, 11) is 0. The highest BCUT2D eigenvalue weighted by Gasteiger charge is 2.10. The van der Waals surface area contributed by atoms with Gasteiger partial charge in [0.25, 0.3) is 0 Å². The van der Waals surface area contributed by atoms with Crippen molar-refractivity contribution < 1.29 is 9.90 Å². The summed E-state index contributed by atoms with van der Waals surface area (Å²) in [6, 6.07) is 14.6. The number of nitriles is 1. The molecule has 0 aliphatic carbocycles. The quantitative estimate of drug-likeness (QED) is 0.866. The van der Waals surface area contributed by atoms with Crippen LogP contribution in [0.2, 0.25) is 0 Å². The van der Waals surface area contributed by atoms with E-state index in [1.54, 1.807) is 18.2 Å². The molecule has 0 unspecified atom stereocenters. The summed E-state index contributed by atoms with van der Waals surface area (Å²) in [5.41, 5.74) is 3.12. The van der Waals surface area contributed by atoms with Crippen LogP contribution >= 0.6 is 11.8 Å². The number of carboxylic acid groups (broad SMARTS) is 1. The lowest BCUT2D eigenvalue weighted by atomic mass is 10.1. The Kier molecular flexibility index (Phi) is 4.44. The average Bonchev–Trinajstić information content (AvgIpc) is 2.46. The van der Waals surface area contributed by atoms with Crippen LogP contribution in [0.25, 0.3) is 0 Å². The molecule has 3 nitrogen and oxygen atoms in total. The molecule has 0 atom stereocenters. The Hall–Kier alpha value is -2.25. The molecule has 0 saturated carbocycles. The Labute approximate surface area is 121 Å². The fourth-order valence-electron chi connectivity index (χ4n) is 1.85. The van der Waals surface area contributed by atoms with Crippen molar-refractivity contribution in [2.24, 2.45) is 0 Å². The van der Waals surface area contributed by atoms with Crippen molar-refractivity contribution in [3.8, 4) is 6.07 Å². The first-order chi connectivity index (χ1) is 9.61. The lowest BCUT2D eigenvalue weighted by Crippen LogP contribution is -1.98. The first-order valence-corrected chi connectivity index (χ1v) is 7.05. The van der Waals surface area contributed by atoms with Gasteiger partial charge >= 0.3 is 5.97 Å². The average molecular weight is 283 g/mol. The van der Waals surface area contributed by atoms with E-state index < -0.39 is 5.97 Å². The molecular weight excluding hydrogens is 270 g/mol. The molecule has 0 radical (unpaired) electrons. The number of rotatable bonds is 4. The van der Waals surface area contributed by atoms with E-state index in [-0.39, 0.29) is 0 Å². The minimum Gasteiger partial charge on any atom is -0.478 e. The number of aryl methyl sites for hydroxylation is 1. The van der Waals surface area contributed by atoms with Crippen LogP contribution in [0.5, 0.6) is 0 Å². The standard InChI is InChI=1S/C16H13NO2S/c1-11-8-12(9-17)6-7-13(11)10-20-15-5-3-2-4-14(15)16(18)19/h2-8H,10H2,1H3,(H,18,19). The van der Waals surface area contributed by atoms with E-state index in [4.69, 9.17) is 10.4 Å². The third-order valence-electron chi connectivity index (χ3n) is 2.97. The van der Waals surface area contributed by atoms with E-state index >= 15 is 0 Å². The van der Waals surface area contributed by atoms with Gasteiger partial charge in [-0.3, -0.25) is 0 Å². The molecule has 2 aromatic carbocycles. The Morgan fingerprint density at radius 1 is 1.30 bits per heavy atom. The molecule has 0 amide bonds. The molecule has 0 spiro atoms. The maximum atomic E-state index is 11.1. The van der Waals surface area contributed by atoms with Crippen molar-refractivity contribution in [1.82, 2.24) is 0 Å². The van der Waals surface area contributed by atoms with Gasteiger partial charge in [0.1, 0.15) is 0 Å². The minimum atomic E-state index is -0.912. The van der Waals surface area contributed by atoms with Crippen LogP contribution in [0.3, 0.4) is 0 Å². The van der Waals surface area contributed by atoms with Crippen LogP contribution in [0, 0.1) is 18.3 Å². The molecule has 0 heterocycles. The number of hydrogen-bond acceptors (Lipinski definition) is 3. The molecule has 0 saturated heterocycles. The van der Waals surface area contributed by atoms with Crippen molar-refractivity contribution in [1.29, 1.82) is 5.26 Å².